The minimum Gasteiger partial charge on any atom is -0.279 e. The quantitative estimate of drug-likeness (QED) is 0.338. The minimum absolute atomic E-state index is 1.23. The largest absolute Gasteiger partial charge is 0.522 e. The first-order valence-corrected chi connectivity index (χ1v) is 9.33. The molecule has 0 saturated carbocycles. The van der Waals surface area contributed by atoms with Gasteiger partial charge in [0.2, 0.25) is 0 Å². The Labute approximate surface area is 142 Å². The van der Waals surface area contributed by atoms with Crippen molar-refractivity contribution < 1.29 is 26.1 Å². The summed E-state index contributed by atoms with van der Waals surface area (Å²) in [7, 11) is -5.84. The Morgan fingerprint density at radius 2 is 0.708 bits per heavy atom. The molecule has 0 atom stereocenters. The van der Waals surface area contributed by atoms with E-state index in [9.17, 15) is 13.2 Å². The Kier molecular flexibility index (Phi) is 12.3. The molecule has 0 amide bonds. The molecule has 0 radical (unpaired) electrons. The van der Waals surface area contributed by atoms with Crippen molar-refractivity contribution in [1.82, 2.24) is 0 Å². The van der Waals surface area contributed by atoms with E-state index in [1.165, 1.54) is 51.4 Å². The van der Waals surface area contributed by atoms with Crippen LogP contribution in [0.1, 0.15) is 51.4 Å². The molecule has 24 heavy (non-hydrogen) atoms. The Balaban J connectivity index is 0.000000331. The Bertz CT molecular complexity index is 450. The van der Waals surface area contributed by atoms with Crippen molar-refractivity contribution in [3.63, 3.8) is 0 Å². The van der Waals surface area contributed by atoms with Gasteiger partial charge in [0, 0.05) is 0 Å². The minimum atomic E-state index is -5.84. The molecule has 0 aromatic carbocycles. The molecule has 138 valence electrons. The number of hydrogen-bond donors (Lipinski definition) is 1. The molecule has 2 rings (SSSR count). The van der Waals surface area contributed by atoms with Crippen LogP contribution in [0, 0.1) is 0 Å². The van der Waals surface area contributed by atoms with E-state index in [1.54, 1.807) is 0 Å². The molecule has 0 fully saturated rings. The van der Waals surface area contributed by atoms with Crippen LogP contribution >= 0.6 is 0 Å². The lowest BCUT2D eigenvalue weighted by Crippen LogP contribution is -2.21. The molecule has 0 heterocycles. The zero-order valence-corrected chi connectivity index (χ0v) is 14.4. The monoisotopic (exact) mass is 366 g/mol. The maximum Gasteiger partial charge on any atom is 0.522 e. The standard InChI is InChI=1S/2C8H12.CHF3O3S/c2*1-2-4-6-8-7-5-3-1;2-1(3,4)8(5,6)7/h2*1-2,7-8H,3-6H2;(H,5,6,7). The van der Waals surface area contributed by atoms with Gasteiger partial charge in [-0.15, -0.1) is 0 Å². The van der Waals surface area contributed by atoms with Crippen molar-refractivity contribution >= 4 is 10.1 Å². The van der Waals surface area contributed by atoms with Gasteiger partial charge in [-0.2, -0.15) is 21.6 Å². The van der Waals surface area contributed by atoms with E-state index in [2.05, 4.69) is 48.6 Å². The maximum absolute atomic E-state index is 10.7. The van der Waals surface area contributed by atoms with Crippen LogP contribution in [0.5, 0.6) is 0 Å². The summed E-state index contributed by atoms with van der Waals surface area (Å²) in [5, 5.41) is 0. The smallest absolute Gasteiger partial charge is 0.279 e. The van der Waals surface area contributed by atoms with Crippen molar-refractivity contribution in [3.05, 3.63) is 48.6 Å². The average Bonchev–Trinajstić information content (AvgIpc) is 2.35. The fraction of sp³-hybridized carbons (Fsp3) is 0.529. The van der Waals surface area contributed by atoms with Gasteiger partial charge >= 0.3 is 15.6 Å². The molecule has 0 saturated heterocycles. The van der Waals surface area contributed by atoms with E-state index < -0.39 is 15.6 Å². The fourth-order valence-corrected chi connectivity index (χ4v) is 1.71. The third kappa shape index (κ3) is 14.3. The summed E-state index contributed by atoms with van der Waals surface area (Å²) in [5.41, 5.74) is -5.53. The molecule has 0 spiro atoms. The van der Waals surface area contributed by atoms with Crippen LogP contribution in [-0.4, -0.2) is 18.5 Å². The van der Waals surface area contributed by atoms with Gasteiger partial charge in [-0.05, 0) is 51.4 Å². The van der Waals surface area contributed by atoms with Gasteiger partial charge in [-0.1, -0.05) is 48.6 Å². The van der Waals surface area contributed by atoms with Crippen LogP contribution in [0.15, 0.2) is 48.6 Å². The molecular formula is C17H25F3O3S. The summed E-state index contributed by atoms with van der Waals surface area (Å²) in [4.78, 5) is 0. The highest BCUT2D eigenvalue weighted by Gasteiger charge is 2.44. The highest BCUT2D eigenvalue weighted by Crippen LogP contribution is 2.20. The molecule has 0 aliphatic heterocycles. The fourth-order valence-electron chi connectivity index (χ4n) is 1.71. The van der Waals surface area contributed by atoms with Crippen molar-refractivity contribution in [3.8, 4) is 0 Å². The summed E-state index contributed by atoms with van der Waals surface area (Å²) in [6.45, 7) is 0. The van der Waals surface area contributed by atoms with Crippen LogP contribution in [0.3, 0.4) is 0 Å². The molecule has 0 bridgehead atoms. The molecule has 0 aromatic rings. The normalized spacial score (nSPS) is 18.0. The molecule has 3 nitrogen and oxygen atoms in total. The zero-order chi connectivity index (χ0) is 18.3. The highest BCUT2D eigenvalue weighted by molar-refractivity contribution is 7.86. The predicted octanol–water partition coefficient (Wildman–Crippen LogP) is 5.74. The van der Waals surface area contributed by atoms with E-state index in [4.69, 9.17) is 13.0 Å². The lowest BCUT2D eigenvalue weighted by Gasteiger charge is -1.97. The van der Waals surface area contributed by atoms with Crippen molar-refractivity contribution in [2.24, 2.45) is 0 Å². The third-order valence-corrected chi connectivity index (χ3v) is 3.54. The van der Waals surface area contributed by atoms with E-state index >= 15 is 0 Å². The number of allylic oxidation sites excluding steroid dienone is 8. The Hall–Kier alpha value is -1.34. The summed E-state index contributed by atoms with van der Waals surface area (Å²) in [5.74, 6) is 0. The van der Waals surface area contributed by atoms with E-state index in [0.29, 0.717) is 0 Å². The Morgan fingerprint density at radius 3 is 0.792 bits per heavy atom. The van der Waals surface area contributed by atoms with Crippen molar-refractivity contribution in [2.45, 2.75) is 56.9 Å². The van der Waals surface area contributed by atoms with Crippen LogP contribution in [0.4, 0.5) is 13.2 Å². The van der Waals surface area contributed by atoms with E-state index in [-0.39, 0.29) is 0 Å². The van der Waals surface area contributed by atoms with Crippen LogP contribution in [-0.2, 0) is 10.1 Å². The first-order valence-electron chi connectivity index (χ1n) is 7.89. The van der Waals surface area contributed by atoms with Crippen LogP contribution < -0.4 is 0 Å². The molecule has 7 heteroatoms. The van der Waals surface area contributed by atoms with E-state index in [1.807, 2.05) is 0 Å². The maximum atomic E-state index is 10.7. The van der Waals surface area contributed by atoms with Gasteiger partial charge in [0.1, 0.15) is 0 Å². The molecular weight excluding hydrogens is 341 g/mol. The SMILES string of the molecule is C1=CCCC=CCC1.C1=CCCC=CCC1.O=S(=O)(O)C(F)(F)F. The number of rotatable bonds is 0. The third-order valence-electron chi connectivity index (χ3n) is 2.96. The summed E-state index contributed by atoms with van der Waals surface area (Å²) in [6, 6.07) is 0. The van der Waals surface area contributed by atoms with Gasteiger partial charge < -0.3 is 0 Å². The van der Waals surface area contributed by atoms with E-state index in [0.717, 1.165) is 0 Å². The first kappa shape index (κ1) is 22.7. The first-order chi connectivity index (χ1) is 11.2. The van der Waals surface area contributed by atoms with Gasteiger partial charge in [0.25, 0.3) is 0 Å². The predicted molar refractivity (Wildman–Crippen MR) is 91.1 cm³/mol. The lowest BCUT2D eigenvalue weighted by atomic mass is 10.1. The molecule has 0 unspecified atom stereocenters. The van der Waals surface area contributed by atoms with Crippen LogP contribution in [0.25, 0.3) is 0 Å². The zero-order valence-electron chi connectivity index (χ0n) is 13.6. The average molecular weight is 366 g/mol. The van der Waals surface area contributed by atoms with Crippen molar-refractivity contribution in [1.29, 1.82) is 0 Å². The van der Waals surface area contributed by atoms with Gasteiger partial charge in [0.05, 0.1) is 0 Å². The number of hydrogen-bond acceptors (Lipinski definition) is 2. The highest BCUT2D eigenvalue weighted by atomic mass is 32.2. The Morgan fingerprint density at radius 1 is 0.583 bits per heavy atom. The summed E-state index contributed by atoms with van der Waals surface area (Å²) < 4.78 is 57.5. The number of halogens is 3. The second-order valence-electron chi connectivity index (χ2n) is 5.12. The topological polar surface area (TPSA) is 54.4 Å². The molecule has 2 aliphatic carbocycles. The van der Waals surface area contributed by atoms with Crippen molar-refractivity contribution in [2.75, 3.05) is 0 Å². The van der Waals surface area contributed by atoms with Gasteiger partial charge in [0.15, 0.2) is 0 Å². The second-order valence-corrected chi connectivity index (χ2v) is 6.53. The molecule has 1 N–H and O–H groups in total. The summed E-state index contributed by atoms with van der Waals surface area (Å²) >= 11 is 0. The number of alkyl halides is 3. The van der Waals surface area contributed by atoms with Gasteiger partial charge in [-0.25, -0.2) is 0 Å². The lowest BCUT2D eigenvalue weighted by molar-refractivity contribution is -0.0510. The van der Waals surface area contributed by atoms with Crippen LogP contribution in [0.2, 0.25) is 0 Å². The van der Waals surface area contributed by atoms with Gasteiger partial charge in [-0.3, -0.25) is 4.55 Å². The molecule has 2 aliphatic rings. The second kappa shape index (κ2) is 13.0. The summed E-state index contributed by atoms with van der Waals surface area (Å²) in [6.07, 6.45) is 28.0. The molecule has 0 aromatic heterocycles.